The molecule has 2 aromatic carbocycles. The second-order valence-corrected chi connectivity index (χ2v) is 5.71. The standard InChI is InChI=1S/C16H14BrFN2O2/c1-9-3-5-12(10(2)7-9)15(21)19-20-16(22)13-6-4-11(18)8-14(13)17/h3-8H,1-2H3,(H,19,21)(H,20,22). The zero-order valence-corrected chi connectivity index (χ0v) is 13.6. The van der Waals surface area contributed by atoms with E-state index in [2.05, 4.69) is 26.8 Å². The van der Waals surface area contributed by atoms with Crippen LogP contribution in [0.5, 0.6) is 0 Å². The summed E-state index contributed by atoms with van der Waals surface area (Å²) in [5, 5.41) is 0. The number of hydrogen-bond acceptors (Lipinski definition) is 2. The second kappa shape index (κ2) is 6.70. The van der Waals surface area contributed by atoms with E-state index >= 15 is 0 Å². The van der Waals surface area contributed by atoms with Crippen molar-refractivity contribution in [2.24, 2.45) is 0 Å². The maximum atomic E-state index is 13.0. The number of nitrogens with one attached hydrogen (secondary N) is 2. The van der Waals surface area contributed by atoms with Gasteiger partial charge in [0.15, 0.2) is 0 Å². The Bertz CT molecular complexity index is 683. The van der Waals surface area contributed by atoms with Crippen molar-refractivity contribution in [2.45, 2.75) is 13.8 Å². The van der Waals surface area contributed by atoms with Crippen LogP contribution in [-0.2, 0) is 0 Å². The van der Waals surface area contributed by atoms with E-state index in [1.54, 1.807) is 6.07 Å². The van der Waals surface area contributed by atoms with Gasteiger partial charge < -0.3 is 0 Å². The number of hydrazine groups is 1. The molecule has 0 heterocycles. The first-order chi connectivity index (χ1) is 10.4. The molecule has 0 saturated carbocycles. The SMILES string of the molecule is Cc1ccc(C(=O)NNC(=O)c2ccc(F)cc2Br)c(C)c1. The van der Waals surface area contributed by atoms with Gasteiger partial charge in [-0.1, -0.05) is 17.7 Å². The number of hydrogen-bond donors (Lipinski definition) is 2. The number of amides is 2. The van der Waals surface area contributed by atoms with Crippen molar-refractivity contribution in [1.82, 2.24) is 10.9 Å². The lowest BCUT2D eigenvalue weighted by Gasteiger charge is -2.10. The number of benzene rings is 2. The predicted octanol–water partition coefficient (Wildman–Crippen LogP) is 3.28. The first-order valence-electron chi connectivity index (χ1n) is 6.51. The van der Waals surface area contributed by atoms with Crippen molar-refractivity contribution in [3.8, 4) is 0 Å². The molecule has 0 bridgehead atoms. The molecule has 0 radical (unpaired) electrons. The minimum atomic E-state index is -0.537. The molecule has 2 aromatic rings. The largest absolute Gasteiger partial charge is 0.270 e. The van der Waals surface area contributed by atoms with Crippen molar-refractivity contribution in [3.05, 3.63) is 68.9 Å². The quantitative estimate of drug-likeness (QED) is 0.803. The Kier molecular flexibility index (Phi) is 4.92. The van der Waals surface area contributed by atoms with E-state index in [0.29, 0.717) is 10.0 Å². The first kappa shape index (κ1) is 16.2. The van der Waals surface area contributed by atoms with E-state index in [1.165, 1.54) is 18.2 Å². The average Bonchev–Trinajstić information content (AvgIpc) is 2.44. The van der Waals surface area contributed by atoms with Crippen LogP contribution in [0.4, 0.5) is 4.39 Å². The van der Waals surface area contributed by atoms with Crippen LogP contribution in [0.2, 0.25) is 0 Å². The van der Waals surface area contributed by atoms with Crippen LogP contribution < -0.4 is 10.9 Å². The molecule has 2 rings (SSSR count). The van der Waals surface area contributed by atoms with Crippen molar-refractivity contribution in [2.75, 3.05) is 0 Å². The lowest BCUT2D eigenvalue weighted by molar-refractivity contribution is 0.0846. The van der Waals surface area contributed by atoms with Gasteiger partial charge >= 0.3 is 0 Å². The van der Waals surface area contributed by atoms with Gasteiger partial charge in [0.2, 0.25) is 0 Å². The highest BCUT2D eigenvalue weighted by atomic mass is 79.9. The number of carbonyl (C=O) groups is 2. The molecule has 2 N–H and O–H groups in total. The number of aryl methyl sites for hydroxylation is 2. The van der Waals surface area contributed by atoms with Gasteiger partial charge in [0, 0.05) is 10.0 Å². The molecule has 2 amide bonds. The zero-order chi connectivity index (χ0) is 16.3. The highest BCUT2D eigenvalue weighted by Crippen LogP contribution is 2.17. The molecule has 0 aliphatic heterocycles. The highest BCUT2D eigenvalue weighted by molar-refractivity contribution is 9.10. The topological polar surface area (TPSA) is 58.2 Å². The van der Waals surface area contributed by atoms with Gasteiger partial charge in [-0.25, -0.2) is 4.39 Å². The third kappa shape index (κ3) is 3.71. The minimum absolute atomic E-state index is 0.224. The molecule has 0 aliphatic carbocycles. The molecule has 0 saturated heterocycles. The van der Waals surface area contributed by atoms with Crippen molar-refractivity contribution in [3.63, 3.8) is 0 Å². The Morgan fingerprint density at radius 3 is 2.14 bits per heavy atom. The van der Waals surface area contributed by atoms with Crippen LogP contribution in [0.1, 0.15) is 31.8 Å². The van der Waals surface area contributed by atoms with E-state index in [1.807, 2.05) is 26.0 Å². The van der Waals surface area contributed by atoms with Crippen LogP contribution >= 0.6 is 15.9 Å². The summed E-state index contributed by atoms with van der Waals surface area (Å²) in [6.45, 7) is 3.75. The Morgan fingerprint density at radius 1 is 0.955 bits per heavy atom. The summed E-state index contributed by atoms with van der Waals surface area (Å²) in [5.74, 6) is -1.41. The molecule has 0 aromatic heterocycles. The monoisotopic (exact) mass is 364 g/mol. The van der Waals surface area contributed by atoms with Crippen LogP contribution in [0.3, 0.4) is 0 Å². The van der Waals surface area contributed by atoms with Crippen molar-refractivity contribution < 1.29 is 14.0 Å². The predicted molar refractivity (Wildman–Crippen MR) is 84.9 cm³/mol. The minimum Gasteiger partial charge on any atom is -0.267 e. The molecule has 0 unspecified atom stereocenters. The second-order valence-electron chi connectivity index (χ2n) is 4.85. The van der Waals surface area contributed by atoms with Crippen LogP contribution in [0, 0.1) is 19.7 Å². The fraction of sp³-hybridized carbons (Fsp3) is 0.125. The van der Waals surface area contributed by atoms with Gasteiger partial charge in [0.25, 0.3) is 11.8 Å². The molecular formula is C16H14BrFN2O2. The first-order valence-corrected chi connectivity index (χ1v) is 7.31. The fourth-order valence-corrected chi connectivity index (χ4v) is 2.52. The molecule has 22 heavy (non-hydrogen) atoms. The third-order valence-corrected chi connectivity index (χ3v) is 3.75. The fourth-order valence-electron chi connectivity index (χ4n) is 1.99. The summed E-state index contributed by atoms with van der Waals surface area (Å²) in [6, 6.07) is 9.08. The van der Waals surface area contributed by atoms with Crippen molar-refractivity contribution >= 4 is 27.7 Å². The number of rotatable bonds is 2. The third-order valence-electron chi connectivity index (χ3n) is 3.09. The Hall–Kier alpha value is -2.21. The molecule has 0 fully saturated rings. The van der Waals surface area contributed by atoms with E-state index in [9.17, 15) is 14.0 Å². The van der Waals surface area contributed by atoms with Crippen LogP contribution in [0.15, 0.2) is 40.9 Å². The Labute approximate surface area is 135 Å². The van der Waals surface area contributed by atoms with Gasteiger partial charge in [0.05, 0.1) is 5.56 Å². The summed E-state index contributed by atoms with van der Waals surface area (Å²) >= 11 is 3.11. The Balaban J connectivity index is 2.06. The van der Waals surface area contributed by atoms with Crippen LogP contribution in [0.25, 0.3) is 0 Å². The normalized spacial score (nSPS) is 10.2. The summed E-state index contributed by atoms with van der Waals surface area (Å²) in [5.41, 5.74) is 7.22. The smallest absolute Gasteiger partial charge is 0.267 e. The maximum absolute atomic E-state index is 13.0. The molecule has 6 heteroatoms. The van der Waals surface area contributed by atoms with Gasteiger partial charge in [-0.3, -0.25) is 20.4 Å². The summed E-state index contributed by atoms with van der Waals surface area (Å²) in [7, 11) is 0. The average molecular weight is 365 g/mol. The molecule has 0 aliphatic rings. The Morgan fingerprint density at radius 2 is 1.55 bits per heavy atom. The maximum Gasteiger partial charge on any atom is 0.270 e. The lowest BCUT2D eigenvalue weighted by atomic mass is 10.1. The van der Waals surface area contributed by atoms with E-state index < -0.39 is 17.6 Å². The summed E-state index contributed by atoms with van der Waals surface area (Å²) in [6.07, 6.45) is 0. The van der Waals surface area contributed by atoms with Crippen LogP contribution in [-0.4, -0.2) is 11.8 Å². The number of carbonyl (C=O) groups excluding carboxylic acids is 2. The van der Waals surface area contributed by atoms with Gasteiger partial charge in [-0.05, 0) is 59.6 Å². The molecule has 114 valence electrons. The molecular weight excluding hydrogens is 351 g/mol. The van der Waals surface area contributed by atoms with Gasteiger partial charge in [-0.2, -0.15) is 0 Å². The summed E-state index contributed by atoms with van der Waals surface area (Å²) < 4.78 is 13.3. The number of halogens is 2. The van der Waals surface area contributed by atoms with E-state index in [0.717, 1.165) is 11.1 Å². The van der Waals surface area contributed by atoms with E-state index in [-0.39, 0.29) is 5.56 Å². The van der Waals surface area contributed by atoms with Crippen molar-refractivity contribution in [1.29, 1.82) is 0 Å². The molecule has 0 atom stereocenters. The molecule has 0 spiro atoms. The van der Waals surface area contributed by atoms with E-state index in [4.69, 9.17) is 0 Å². The molecule has 4 nitrogen and oxygen atoms in total. The van der Waals surface area contributed by atoms with Gasteiger partial charge in [0.1, 0.15) is 5.82 Å². The highest BCUT2D eigenvalue weighted by Gasteiger charge is 2.13. The lowest BCUT2D eigenvalue weighted by Crippen LogP contribution is -2.42. The summed E-state index contributed by atoms with van der Waals surface area (Å²) in [4.78, 5) is 24.0. The zero-order valence-electron chi connectivity index (χ0n) is 12.0. The van der Waals surface area contributed by atoms with Gasteiger partial charge in [-0.15, -0.1) is 0 Å².